The van der Waals surface area contributed by atoms with Gasteiger partial charge in [0.15, 0.2) is 6.61 Å². The molecule has 0 aliphatic carbocycles. The van der Waals surface area contributed by atoms with Crippen molar-refractivity contribution in [3.8, 4) is 5.75 Å². The van der Waals surface area contributed by atoms with Crippen LogP contribution in [0.1, 0.15) is 18.1 Å². The van der Waals surface area contributed by atoms with E-state index in [4.69, 9.17) is 9.47 Å². The van der Waals surface area contributed by atoms with Gasteiger partial charge in [-0.15, -0.1) is 0 Å². The molecule has 0 radical (unpaired) electrons. The highest BCUT2D eigenvalue weighted by Gasteiger charge is 2.16. The van der Waals surface area contributed by atoms with E-state index in [1.165, 1.54) is 24.3 Å². The number of aryl methyl sites for hydroxylation is 2. The van der Waals surface area contributed by atoms with Crippen molar-refractivity contribution in [1.82, 2.24) is 5.32 Å². The predicted molar refractivity (Wildman–Crippen MR) is 108 cm³/mol. The summed E-state index contributed by atoms with van der Waals surface area (Å²) in [5, 5.41) is 2.73. The molecule has 0 bridgehead atoms. The van der Waals surface area contributed by atoms with Gasteiger partial charge in [0, 0.05) is 13.2 Å². The Hall–Kier alpha value is -2.58. The van der Waals surface area contributed by atoms with E-state index >= 15 is 0 Å². The molecule has 152 valence electrons. The fourth-order valence-electron chi connectivity index (χ4n) is 2.52. The number of hydrogen-bond donors (Lipinski definition) is 2. The van der Waals surface area contributed by atoms with Crippen LogP contribution in [0, 0.1) is 13.8 Å². The molecule has 0 aliphatic heterocycles. The first-order valence-electron chi connectivity index (χ1n) is 8.82. The third-order valence-electron chi connectivity index (χ3n) is 3.97. The number of amides is 1. The number of carbonyl (C=O) groups is 1. The summed E-state index contributed by atoms with van der Waals surface area (Å²) in [6.07, 6.45) is 0. The van der Waals surface area contributed by atoms with Crippen LogP contribution >= 0.6 is 0 Å². The highest BCUT2D eigenvalue weighted by molar-refractivity contribution is 7.92. The molecule has 2 aromatic carbocycles. The monoisotopic (exact) mass is 406 g/mol. The first-order valence-corrected chi connectivity index (χ1v) is 10.3. The maximum absolute atomic E-state index is 12.6. The lowest BCUT2D eigenvalue weighted by Gasteiger charge is -2.14. The van der Waals surface area contributed by atoms with E-state index in [0.717, 1.165) is 11.1 Å². The molecule has 28 heavy (non-hydrogen) atoms. The van der Waals surface area contributed by atoms with Crippen molar-refractivity contribution in [2.24, 2.45) is 0 Å². The largest absolute Gasteiger partial charge is 0.484 e. The van der Waals surface area contributed by atoms with Crippen LogP contribution in [-0.2, 0) is 19.6 Å². The zero-order valence-electron chi connectivity index (χ0n) is 16.5. The number of hydrogen-bond acceptors (Lipinski definition) is 5. The Balaban J connectivity index is 1.99. The van der Waals surface area contributed by atoms with Crippen molar-refractivity contribution in [3.63, 3.8) is 0 Å². The molecule has 0 saturated carbocycles. The number of rotatable bonds is 9. The van der Waals surface area contributed by atoms with Crippen LogP contribution < -0.4 is 14.8 Å². The van der Waals surface area contributed by atoms with Crippen LogP contribution in [0.5, 0.6) is 5.75 Å². The van der Waals surface area contributed by atoms with Crippen molar-refractivity contribution in [2.75, 3.05) is 25.0 Å². The zero-order chi connectivity index (χ0) is 20.7. The van der Waals surface area contributed by atoms with Gasteiger partial charge in [0.25, 0.3) is 15.9 Å². The summed E-state index contributed by atoms with van der Waals surface area (Å²) in [6.45, 7) is 5.80. The van der Waals surface area contributed by atoms with E-state index in [2.05, 4.69) is 10.0 Å². The number of methoxy groups -OCH3 is 1. The van der Waals surface area contributed by atoms with Crippen LogP contribution in [0.25, 0.3) is 0 Å². The van der Waals surface area contributed by atoms with E-state index in [1.807, 2.05) is 32.9 Å². The molecule has 0 aromatic heterocycles. The summed E-state index contributed by atoms with van der Waals surface area (Å²) in [7, 11) is -2.16. The molecular formula is C20H26N2O5S. The molecule has 2 aromatic rings. The average molecular weight is 407 g/mol. The minimum Gasteiger partial charge on any atom is -0.484 e. The topological polar surface area (TPSA) is 93.7 Å². The highest BCUT2D eigenvalue weighted by Crippen LogP contribution is 2.22. The average Bonchev–Trinajstić information content (AvgIpc) is 2.63. The third-order valence-corrected chi connectivity index (χ3v) is 5.35. The van der Waals surface area contributed by atoms with Crippen molar-refractivity contribution in [2.45, 2.75) is 31.7 Å². The molecule has 1 amide bonds. The molecular weight excluding hydrogens is 380 g/mol. The Labute approximate surface area is 166 Å². The van der Waals surface area contributed by atoms with Gasteiger partial charge in [-0.3, -0.25) is 9.52 Å². The van der Waals surface area contributed by atoms with E-state index in [1.54, 1.807) is 13.2 Å². The minimum absolute atomic E-state index is 0.110. The van der Waals surface area contributed by atoms with Crippen molar-refractivity contribution < 1.29 is 22.7 Å². The SMILES string of the molecule is COC[C@H](C)NC(=O)COc1ccc(S(=O)(=O)Nc2cc(C)ccc2C)cc1. The molecule has 2 N–H and O–H groups in total. The van der Waals surface area contributed by atoms with Crippen molar-refractivity contribution >= 4 is 21.6 Å². The van der Waals surface area contributed by atoms with Crippen LogP contribution in [0.4, 0.5) is 5.69 Å². The Morgan fingerprint density at radius 2 is 1.79 bits per heavy atom. The smallest absolute Gasteiger partial charge is 0.261 e. The fourth-order valence-corrected chi connectivity index (χ4v) is 3.64. The van der Waals surface area contributed by atoms with Crippen molar-refractivity contribution in [1.29, 1.82) is 0 Å². The number of benzene rings is 2. The standard InChI is InChI=1S/C20H26N2O5S/c1-14-5-6-15(2)19(11-14)22-28(24,25)18-9-7-17(8-10-18)27-13-20(23)21-16(3)12-26-4/h5-11,16,22H,12-13H2,1-4H3,(H,21,23)/t16-/m0/s1. The Morgan fingerprint density at radius 3 is 2.43 bits per heavy atom. The molecule has 0 fully saturated rings. The van der Waals surface area contributed by atoms with Gasteiger partial charge in [-0.1, -0.05) is 12.1 Å². The minimum atomic E-state index is -3.72. The summed E-state index contributed by atoms with van der Waals surface area (Å²) in [5.41, 5.74) is 2.34. The second-order valence-electron chi connectivity index (χ2n) is 6.61. The van der Waals surface area contributed by atoms with Gasteiger partial charge in [0.05, 0.1) is 17.2 Å². The quantitative estimate of drug-likeness (QED) is 0.668. The maximum Gasteiger partial charge on any atom is 0.261 e. The first kappa shape index (κ1) is 21.7. The molecule has 0 spiro atoms. The molecule has 0 heterocycles. The fraction of sp³-hybridized carbons (Fsp3) is 0.350. The molecule has 1 atom stereocenters. The Kier molecular flexibility index (Phi) is 7.42. The third kappa shape index (κ3) is 6.24. The predicted octanol–water partition coefficient (Wildman–Crippen LogP) is 2.63. The van der Waals surface area contributed by atoms with Gasteiger partial charge in [0.2, 0.25) is 0 Å². The summed E-state index contributed by atoms with van der Waals surface area (Å²) >= 11 is 0. The van der Waals surface area contributed by atoms with E-state index < -0.39 is 10.0 Å². The van der Waals surface area contributed by atoms with E-state index in [9.17, 15) is 13.2 Å². The lowest BCUT2D eigenvalue weighted by Crippen LogP contribution is -2.38. The normalized spacial score (nSPS) is 12.3. The lowest BCUT2D eigenvalue weighted by atomic mass is 10.1. The number of anilines is 1. The van der Waals surface area contributed by atoms with E-state index in [-0.39, 0.29) is 23.5 Å². The number of nitrogens with one attached hydrogen (secondary N) is 2. The number of ether oxygens (including phenoxy) is 2. The zero-order valence-corrected chi connectivity index (χ0v) is 17.3. The molecule has 8 heteroatoms. The Morgan fingerprint density at radius 1 is 1.11 bits per heavy atom. The molecule has 0 saturated heterocycles. The molecule has 0 unspecified atom stereocenters. The van der Waals surface area contributed by atoms with Gasteiger partial charge in [0.1, 0.15) is 5.75 Å². The number of carbonyl (C=O) groups excluding carboxylic acids is 1. The van der Waals surface area contributed by atoms with Gasteiger partial charge < -0.3 is 14.8 Å². The summed E-state index contributed by atoms with van der Waals surface area (Å²) in [5.74, 6) is 0.123. The van der Waals surface area contributed by atoms with Gasteiger partial charge >= 0.3 is 0 Å². The number of sulfonamides is 1. The summed E-state index contributed by atoms with van der Waals surface area (Å²) < 4.78 is 38.1. The summed E-state index contributed by atoms with van der Waals surface area (Å²) in [4.78, 5) is 11.9. The van der Waals surface area contributed by atoms with E-state index in [0.29, 0.717) is 18.0 Å². The highest BCUT2D eigenvalue weighted by atomic mass is 32.2. The first-order chi connectivity index (χ1) is 13.2. The van der Waals surface area contributed by atoms with Gasteiger partial charge in [-0.25, -0.2) is 8.42 Å². The van der Waals surface area contributed by atoms with Crippen LogP contribution in [-0.4, -0.2) is 40.7 Å². The summed E-state index contributed by atoms with van der Waals surface area (Å²) in [6, 6.07) is 11.4. The molecule has 2 rings (SSSR count). The Bertz CT molecular complexity index is 911. The second-order valence-corrected chi connectivity index (χ2v) is 8.29. The van der Waals surface area contributed by atoms with Crippen LogP contribution in [0.3, 0.4) is 0 Å². The van der Waals surface area contributed by atoms with Gasteiger partial charge in [-0.05, 0) is 62.2 Å². The van der Waals surface area contributed by atoms with Crippen molar-refractivity contribution in [3.05, 3.63) is 53.6 Å². The van der Waals surface area contributed by atoms with Gasteiger partial charge in [-0.2, -0.15) is 0 Å². The second kappa shape index (κ2) is 9.57. The molecule has 7 nitrogen and oxygen atoms in total. The van der Waals surface area contributed by atoms with Crippen LogP contribution in [0.2, 0.25) is 0 Å². The molecule has 0 aliphatic rings. The maximum atomic E-state index is 12.6. The lowest BCUT2D eigenvalue weighted by molar-refractivity contribution is -0.124. The van der Waals surface area contributed by atoms with Crippen LogP contribution in [0.15, 0.2) is 47.4 Å².